The average molecular weight is 313 g/mol. The van der Waals surface area contributed by atoms with Gasteiger partial charge in [-0.15, -0.1) is 0 Å². The quantitative estimate of drug-likeness (QED) is 0.395. The highest BCUT2D eigenvalue weighted by Gasteiger charge is 2.21. The molecule has 1 aromatic carbocycles. The molecule has 0 radical (unpaired) electrons. The molecule has 0 aliphatic carbocycles. The zero-order valence-corrected chi connectivity index (χ0v) is 10.3. The molecule has 0 fully saturated rings. The monoisotopic (exact) mass is 313 g/mol. The van der Waals surface area contributed by atoms with Gasteiger partial charge < -0.3 is 0 Å². The first-order chi connectivity index (χ1) is 5.95. The van der Waals surface area contributed by atoms with Crippen LogP contribution in [0, 0.1) is 10.5 Å². The summed E-state index contributed by atoms with van der Waals surface area (Å²) in [5, 5.41) is 0. The van der Waals surface area contributed by atoms with E-state index < -0.39 is 10.1 Å². The Bertz CT molecular complexity index is 411. The van der Waals surface area contributed by atoms with E-state index in [1.54, 1.807) is 13.0 Å². The van der Waals surface area contributed by atoms with Crippen LogP contribution >= 0.6 is 0 Å². The second kappa shape index (κ2) is 3.93. The molecular formula is C8H10IO3S+. The molecule has 1 rings (SSSR count). The molecule has 0 saturated heterocycles. The van der Waals surface area contributed by atoms with Gasteiger partial charge in [-0.3, -0.25) is 4.55 Å². The summed E-state index contributed by atoms with van der Waals surface area (Å²) in [6.07, 6.45) is 0. The first-order valence-corrected chi connectivity index (χ1v) is 8.20. The largest absolute Gasteiger partial charge is 0.311 e. The lowest BCUT2D eigenvalue weighted by molar-refractivity contribution is -0.601. The number of benzene rings is 1. The van der Waals surface area contributed by atoms with Crippen molar-refractivity contribution in [2.24, 2.45) is 0 Å². The fourth-order valence-electron chi connectivity index (χ4n) is 0.964. The number of aryl methyl sites for hydroxylation is 1. The Balaban J connectivity index is 3.41. The van der Waals surface area contributed by atoms with Crippen molar-refractivity contribution in [2.45, 2.75) is 11.8 Å². The van der Waals surface area contributed by atoms with Crippen LogP contribution in [-0.2, 0) is 10.1 Å². The zero-order valence-electron chi connectivity index (χ0n) is 7.28. The molecule has 3 nitrogen and oxygen atoms in total. The summed E-state index contributed by atoms with van der Waals surface area (Å²) in [4.78, 5) is 2.03. The lowest BCUT2D eigenvalue weighted by atomic mass is 10.2. The van der Waals surface area contributed by atoms with Crippen LogP contribution in [0.5, 0.6) is 0 Å². The van der Waals surface area contributed by atoms with Gasteiger partial charge in [0, 0.05) is 0 Å². The minimum Gasteiger partial charge on any atom is -0.282 e. The summed E-state index contributed by atoms with van der Waals surface area (Å²) in [5.74, 6) is 0. The molecule has 0 unspecified atom stereocenters. The first kappa shape index (κ1) is 10.9. The van der Waals surface area contributed by atoms with Gasteiger partial charge in [0.1, 0.15) is 9.83 Å². The van der Waals surface area contributed by atoms with E-state index in [0.29, 0.717) is 0 Å². The summed E-state index contributed by atoms with van der Waals surface area (Å²) in [7, 11) is -4.04. The highest BCUT2D eigenvalue weighted by Crippen LogP contribution is 2.09. The molecule has 5 heteroatoms. The fraction of sp³-hybridized carbons (Fsp3) is 0.250. The van der Waals surface area contributed by atoms with E-state index in [9.17, 15) is 8.42 Å². The zero-order chi connectivity index (χ0) is 10.1. The van der Waals surface area contributed by atoms with E-state index in [-0.39, 0.29) is 26.1 Å². The van der Waals surface area contributed by atoms with Crippen molar-refractivity contribution in [1.29, 1.82) is 0 Å². The summed E-state index contributed by atoms with van der Waals surface area (Å²) in [6.45, 7) is 1.80. The van der Waals surface area contributed by atoms with Crippen molar-refractivity contribution >= 4 is 10.1 Å². The van der Waals surface area contributed by atoms with E-state index in [1.165, 1.54) is 6.07 Å². The second-order valence-electron chi connectivity index (χ2n) is 2.60. The molecule has 72 valence electrons. The van der Waals surface area contributed by atoms with Gasteiger partial charge in [-0.05, 0) is 24.6 Å². The lowest BCUT2D eigenvalue weighted by Gasteiger charge is -1.97. The van der Waals surface area contributed by atoms with Crippen LogP contribution < -0.4 is 21.2 Å². The van der Waals surface area contributed by atoms with E-state index in [4.69, 9.17) is 4.55 Å². The lowest BCUT2D eigenvalue weighted by Crippen LogP contribution is -3.60. The van der Waals surface area contributed by atoms with Crippen molar-refractivity contribution < 1.29 is 34.2 Å². The molecule has 0 atom stereocenters. The summed E-state index contributed by atoms with van der Waals surface area (Å²) in [5.41, 5.74) is 0.842. The molecule has 0 saturated carbocycles. The number of rotatable bonds is 2. The molecule has 0 heterocycles. The third kappa shape index (κ3) is 2.65. The molecule has 1 aromatic rings. The average Bonchev–Trinajstić information content (AvgIpc) is 2.03. The van der Waals surface area contributed by atoms with Crippen LogP contribution in [0.2, 0.25) is 0 Å². The van der Waals surface area contributed by atoms with Gasteiger partial charge in [-0.25, -0.2) is 0 Å². The highest BCUT2D eigenvalue weighted by atomic mass is 127. The van der Waals surface area contributed by atoms with Crippen molar-refractivity contribution in [3.05, 3.63) is 27.3 Å². The summed E-state index contributed by atoms with van der Waals surface area (Å²) in [6, 6.07) is 5.13. The van der Waals surface area contributed by atoms with Crippen LogP contribution in [0.1, 0.15) is 5.56 Å². The van der Waals surface area contributed by atoms with Crippen LogP contribution in [0.15, 0.2) is 23.1 Å². The van der Waals surface area contributed by atoms with E-state index in [0.717, 1.165) is 9.13 Å². The van der Waals surface area contributed by atoms with Crippen molar-refractivity contribution in [2.75, 3.05) is 4.93 Å². The van der Waals surface area contributed by atoms with Crippen LogP contribution in [0.4, 0.5) is 0 Å². The molecule has 1 N–H and O–H groups in total. The Morgan fingerprint density at radius 3 is 2.46 bits per heavy atom. The van der Waals surface area contributed by atoms with Gasteiger partial charge in [-0.2, -0.15) is 8.42 Å². The molecule has 0 amide bonds. The van der Waals surface area contributed by atoms with Crippen molar-refractivity contribution in [3.63, 3.8) is 0 Å². The standard InChI is InChI=1S/C8H9IO3S/c1-6-3-4-7(9-2)8(5-6)13(10,11)12/h3-5H,1-2H3/p+1. The van der Waals surface area contributed by atoms with Gasteiger partial charge in [-0.1, -0.05) is 6.07 Å². The normalized spacial score (nSPS) is 11.6. The SMILES string of the molecule is C[I+]c1ccc(C)cc1S(=O)(=O)O. The Labute approximate surface area is 88.2 Å². The third-order valence-electron chi connectivity index (χ3n) is 1.57. The van der Waals surface area contributed by atoms with Gasteiger partial charge in [0.2, 0.25) is 3.57 Å². The second-order valence-corrected chi connectivity index (χ2v) is 6.23. The number of hydrogen-bond acceptors (Lipinski definition) is 2. The van der Waals surface area contributed by atoms with Crippen molar-refractivity contribution in [1.82, 2.24) is 0 Å². The number of alkyl halides is 1. The third-order valence-corrected chi connectivity index (χ3v) is 4.93. The molecule has 0 bridgehead atoms. The Kier molecular flexibility index (Phi) is 3.31. The highest BCUT2D eigenvalue weighted by molar-refractivity contribution is 7.85. The Morgan fingerprint density at radius 1 is 1.38 bits per heavy atom. The Morgan fingerprint density at radius 2 is 2.00 bits per heavy atom. The van der Waals surface area contributed by atoms with Crippen LogP contribution in [-0.4, -0.2) is 17.9 Å². The first-order valence-electron chi connectivity index (χ1n) is 3.53. The smallest absolute Gasteiger partial charge is 0.282 e. The van der Waals surface area contributed by atoms with Gasteiger partial charge >= 0.3 is 21.2 Å². The van der Waals surface area contributed by atoms with Crippen LogP contribution in [0.3, 0.4) is 0 Å². The van der Waals surface area contributed by atoms with Crippen molar-refractivity contribution in [3.8, 4) is 0 Å². The maximum atomic E-state index is 10.9. The Hall–Kier alpha value is -0.140. The minimum atomic E-state index is -4.04. The summed E-state index contributed by atoms with van der Waals surface area (Å²) >= 11 is -0.330. The topological polar surface area (TPSA) is 54.4 Å². The predicted octanol–water partition coefficient (Wildman–Crippen LogP) is -1.87. The number of halogens is 1. The summed E-state index contributed by atoms with van der Waals surface area (Å²) < 4.78 is 31.5. The molecule has 0 spiro atoms. The number of hydrogen-bond donors (Lipinski definition) is 1. The van der Waals surface area contributed by atoms with E-state index >= 15 is 0 Å². The predicted molar refractivity (Wildman–Crippen MR) is 45.6 cm³/mol. The molecule has 0 aliphatic rings. The minimum absolute atomic E-state index is 0.0720. The van der Waals surface area contributed by atoms with Gasteiger partial charge in [0.05, 0.1) is 0 Å². The molecule has 0 aromatic heterocycles. The van der Waals surface area contributed by atoms with Gasteiger partial charge in [0.15, 0.2) is 0 Å². The van der Waals surface area contributed by atoms with E-state index in [1.807, 2.05) is 11.0 Å². The maximum absolute atomic E-state index is 10.9. The fourth-order valence-corrected chi connectivity index (χ4v) is 4.19. The molecule has 13 heavy (non-hydrogen) atoms. The van der Waals surface area contributed by atoms with E-state index in [2.05, 4.69) is 0 Å². The van der Waals surface area contributed by atoms with Crippen LogP contribution in [0.25, 0.3) is 0 Å². The maximum Gasteiger partial charge on any atom is 0.311 e. The molecular weight excluding hydrogens is 303 g/mol. The van der Waals surface area contributed by atoms with Gasteiger partial charge in [0.25, 0.3) is 10.1 Å². The molecule has 0 aliphatic heterocycles.